The van der Waals surface area contributed by atoms with Crippen molar-refractivity contribution in [1.82, 2.24) is 14.9 Å². The molecule has 0 radical (unpaired) electrons. The number of nitrogens with two attached hydrogens (primary N) is 1. The topological polar surface area (TPSA) is 240 Å². The van der Waals surface area contributed by atoms with Gasteiger partial charge in [0.25, 0.3) is 0 Å². The average molecular weight is 555 g/mol. The maximum atomic E-state index is 15.4. The third-order valence-electron chi connectivity index (χ3n) is 4.58. The molecule has 7 atom stereocenters. The molecule has 2 aliphatic heterocycles. The molecule has 16 nitrogen and oxygen atoms in total. The van der Waals surface area contributed by atoms with E-state index in [0.29, 0.717) is 5.69 Å². The molecule has 3 rings (SSSR count). The molecule has 1 aromatic heterocycles. The van der Waals surface area contributed by atoms with Crippen LogP contribution in [0.25, 0.3) is 0 Å². The molecule has 0 bridgehead atoms. The lowest BCUT2D eigenvalue weighted by Crippen LogP contribution is -2.41. The van der Waals surface area contributed by atoms with Crippen LogP contribution >= 0.6 is 22.4 Å². The number of nitrogens with one attached hydrogen (secondary N) is 1. The Morgan fingerprint density at radius 2 is 2.00 bits per heavy atom. The Morgan fingerprint density at radius 3 is 2.61 bits per heavy atom. The lowest BCUT2D eigenvalue weighted by molar-refractivity contribution is -0.0558. The van der Waals surface area contributed by atoms with Gasteiger partial charge >= 0.3 is 22.4 Å². The van der Waals surface area contributed by atoms with E-state index in [0.717, 1.165) is 6.92 Å². The Kier molecular flexibility index (Phi) is 7.29. The van der Waals surface area contributed by atoms with Gasteiger partial charge in [0.05, 0.1) is 19.0 Å². The van der Waals surface area contributed by atoms with Crippen LogP contribution in [0.4, 0.5) is 10.2 Å². The van der Waals surface area contributed by atoms with Crippen LogP contribution in [0, 0.1) is 0 Å². The Balaban J connectivity index is 1.74. The number of fused-ring (bicyclic) bond motifs is 1. The van der Waals surface area contributed by atoms with Gasteiger partial charge < -0.3 is 45.0 Å². The molecule has 2 aliphatic rings. The Bertz CT molecular complexity index is 1100. The molecule has 3 heterocycles. The maximum absolute atomic E-state index is 15.4. The number of hydrogen-bond donors (Lipinski definition) is 7. The standard InChI is InChI=1S/C12H21FN5O11P3S/c1-5-7-9(17-11(14)16-5)18(4-15-7)10-12(2,13)8(19)6(27-10)3-26-32(25,33)29-31(23,24)28-30(20,21)22/h4-6,8,10,19H,3H2,1-2H3,(H,23,24)(H,25,33)(H3,14,16,17)(H2,20,21,22)/t5?,6-,8-,10-,12-,32?/m1/s1. The van der Waals surface area contributed by atoms with E-state index in [1.54, 1.807) is 6.92 Å². The van der Waals surface area contributed by atoms with Crippen LogP contribution in [-0.4, -0.2) is 64.7 Å². The third kappa shape index (κ3) is 6.05. The summed E-state index contributed by atoms with van der Waals surface area (Å²) in [7, 11) is -11.0. The second-order valence-electron chi connectivity index (χ2n) is 7.23. The normalized spacial score (nSPS) is 33.5. The van der Waals surface area contributed by atoms with Crippen molar-refractivity contribution in [2.24, 2.45) is 10.7 Å². The molecule has 21 heteroatoms. The number of guanidine groups is 1. The van der Waals surface area contributed by atoms with E-state index in [2.05, 4.69) is 35.7 Å². The highest BCUT2D eigenvalue weighted by Gasteiger charge is 2.56. The van der Waals surface area contributed by atoms with E-state index in [1.165, 1.54) is 10.9 Å². The molecule has 188 valence electrons. The molecule has 33 heavy (non-hydrogen) atoms. The second-order valence-corrected chi connectivity index (χ2v) is 13.0. The zero-order valence-electron chi connectivity index (χ0n) is 16.8. The third-order valence-corrected chi connectivity index (χ3v) is 9.30. The van der Waals surface area contributed by atoms with Crippen LogP contribution in [0.1, 0.15) is 31.8 Å². The van der Waals surface area contributed by atoms with Crippen LogP contribution in [0.3, 0.4) is 0 Å². The molecular formula is C12H21FN5O11P3S. The summed E-state index contributed by atoms with van der Waals surface area (Å²) in [6.07, 6.45) is -3.55. The highest BCUT2D eigenvalue weighted by atomic mass is 32.5. The van der Waals surface area contributed by atoms with E-state index in [9.17, 15) is 24.0 Å². The number of halogens is 1. The minimum Gasteiger partial charge on any atom is -0.387 e. The fourth-order valence-corrected chi connectivity index (χ4v) is 7.19. The minimum absolute atomic E-state index is 0.0554. The number of imidazole rings is 1. The summed E-state index contributed by atoms with van der Waals surface area (Å²) >= 11 is 4.50. The number of aliphatic hydroxyl groups excluding tert-OH is 1. The summed E-state index contributed by atoms with van der Waals surface area (Å²) in [6.45, 7) is -2.71. The van der Waals surface area contributed by atoms with Crippen molar-refractivity contribution in [3.63, 3.8) is 0 Å². The van der Waals surface area contributed by atoms with Crippen LogP contribution in [0.2, 0.25) is 0 Å². The first-order chi connectivity index (χ1) is 14.9. The van der Waals surface area contributed by atoms with Crippen molar-refractivity contribution in [1.29, 1.82) is 0 Å². The number of aromatic nitrogens is 2. The molecule has 3 unspecified atom stereocenters. The molecule has 0 spiro atoms. The lowest BCUT2D eigenvalue weighted by atomic mass is 9.98. The number of aliphatic imine (C=N–C) groups is 1. The number of phosphoric acid groups is 2. The number of ether oxygens (including phenoxy) is 1. The lowest BCUT2D eigenvalue weighted by Gasteiger charge is -2.26. The summed E-state index contributed by atoms with van der Waals surface area (Å²) in [6, 6.07) is -0.336. The monoisotopic (exact) mass is 555 g/mol. The fraction of sp³-hybridized carbons (Fsp3) is 0.667. The molecule has 0 amide bonds. The van der Waals surface area contributed by atoms with Gasteiger partial charge in [0.1, 0.15) is 17.9 Å². The SMILES string of the molecule is CC1NC(N)=Nc2c1ncn2[C@@H]1O[C@H](COP(O)(=S)OP(=O)(O)OP(=O)(O)O)[C@@H](O)[C@@]1(C)F. The zero-order valence-corrected chi connectivity index (χ0v) is 20.3. The quantitative estimate of drug-likeness (QED) is 0.208. The number of nitrogens with zero attached hydrogens (tertiary/aromatic N) is 3. The van der Waals surface area contributed by atoms with Gasteiger partial charge in [-0.2, -0.15) is 9.30 Å². The van der Waals surface area contributed by atoms with E-state index in [-0.39, 0.29) is 17.8 Å². The van der Waals surface area contributed by atoms with Gasteiger partial charge in [-0.1, -0.05) is 0 Å². The number of alkyl halides is 1. The van der Waals surface area contributed by atoms with Gasteiger partial charge in [-0.3, -0.25) is 4.57 Å². The predicted octanol–water partition coefficient (Wildman–Crippen LogP) is -0.0603. The van der Waals surface area contributed by atoms with Gasteiger partial charge in [0.15, 0.2) is 23.7 Å². The largest absolute Gasteiger partial charge is 0.488 e. The number of rotatable bonds is 8. The van der Waals surface area contributed by atoms with Gasteiger partial charge in [-0.05, 0) is 25.7 Å². The molecule has 0 aromatic carbocycles. The van der Waals surface area contributed by atoms with Gasteiger partial charge in [0.2, 0.25) is 0 Å². The van der Waals surface area contributed by atoms with Crippen molar-refractivity contribution in [2.45, 2.75) is 44.0 Å². The zero-order chi connectivity index (χ0) is 25.0. The van der Waals surface area contributed by atoms with Crippen molar-refractivity contribution >= 4 is 45.9 Å². The highest BCUT2D eigenvalue weighted by Crippen LogP contribution is 2.66. The highest BCUT2D eigenvalue weighted by molar-refractivity contribution is 8.08. The van der Waals surface area contributed by atoms with Crippen LogP contribution < -0.4 is 11.1 Å². The molecule has 0 aliphatic carbocycles. The molecule has 1 saturated heterocycles. The first-order valence-electron chi connectivity index (χ1n) is 8.90. The van der Waals surface area contributed by atoms with E-state index < -0.39 is 53.1 Å². The fourth-order valence-electron chi connectivity index (χ4n) is 3.22. The van der Waals surface area contributed by atoms with E-state index >= 15 is 4.39 Å². The van der Waals surface area contributed by atoms with E-state index in [4.69, 9.17) is 24.8 Å². The summed E-state index contributed by atoms with van der Waals surface area (Å²) < 4.78 is 56.9. The van der Waals surface area contributed by atoms with Crippen LogP contribution in [0.5, 0.6) is 0 Å². The second kappa shape index (κ2) is 8.99. The predicted molar refractivity (Wildman–Crippen MR) is 111 cm³/mol. The number of aliphatic hydroxyl groups is 1. The van der Waals surface area contributed by atoms with Crippen LogP contribution in [0.15, 0.2) is 11.3 Å². The van der Waals surface area contributed by atoms with Gasteiger partial charge in [-0.15, -0.1) is 0 Å². The minimum atomic E-state index is -5.53. The first-order valence-corrected chi connectivity index (χ1v) is 14.5. The Morgan fingerprint density at radius 1 is 1.36 bits per heavy atom. The van der Waals surface area contributed by atoms with Crippen molar-refractivity contribution in [3.8, 4) is 0 Å². The summed E-state index contributed by atoms with van der Waals surface area (Å²) in [5.41, 5.74) is 3.73. The van der Waals surface area contributed by atoms with Gasteiger partial charge in [-0.25, -0.2) is 22.8 Å². The van der Waals surface area contributed by atoms with Gasteiger partial charge in [0, 0.05) is 0 Å². The first kappa shape index (κ1) is 26.8. The molecule has 8 N–H and O–H groups in total. The van der Waals surface area contributed by atoms with Crippen molar-refractivity contribution in [3.05, 3.63) is 12.0 Å². The smallest absolute Gasteiger partial charge is 0.387 e. The Labute approximate surface area is 190 Å². The maximum Gasteiger partial charge on any atom is 0.488 e. The van der Waals surface area contributed by atoms with Crippen molar-refractivity contribution in [2.75, 3.05) is 6.61 Å². The average Bonchev–Trinajstić information content (AvgIpc) is 3.10. The summed E-state index contributed by atoms with van der Waals surface area (Å²) in [5.74, 6) is 0.243. The molecule has 1 aromatic rings. The molecular weight excluding hydrogens is 534 g/mol. The van der Waals surface area contributed by atoms with Crippen LogP contribution in [-0.2, 0) is 38.8 Å². The summed E-state index contributed by atoms with van der Waals surface area (Å²) in [5, 5.41) is 13.3. The molecule has 1 fully saturated rings. The summed E-state index contributed by atoms with van der Waals surface area (Å²) in [4.78, 5) is 44.6. The van der Waals surface area contributed by atoms with E-state index in [1.807, 2.05) is 0 Å². The molecule has 0 saturated carbocycles. The van der Waals surface area contributed by atoms with Crippen molar-refractivity contribution < 1.29 is 56.1 Å². The number of hydrogen-bond acceptors (Lipinski definition) is 12. The Hall–Kier alpha value is -0.840.